The first kappa shape index (κ1) is 26.3. The maximum atomic E-state index is 15.4. The second kappa shape index (κ2) is 10.9. The average molecular weight is 557 g/mol. The molecular formula is C30H29FN6O4. The lowest BCUT2D eigenvalue weighted by Gasteiger charge is -2.15. The van der Waals surface area contributed by atoms with E-state index in [1.807, 2.05) is 16.7 Å². The van der Waals surface area contributed by atoms with Crippen LogP contribution in [-0.4, -0.2) is 40.5 Å². The number of halogens is 1. The Morgan fingerprint density at radius 3 is 2.61 bits per heavy atom. The molecular weight excluding hydrogens is 527 g/mol. The molecule has 0 radical (unpaired) electrons. The summed E-state index contributed by atoms with van der Waals surface area (Å²) in [4.78, 5) is 29.5. The molecule has 0 atom stereocenters. The van der Waals surface area contributed by atoms with Gasteiger partial charge in [0, 0.05) is 30.7 Å². The van der Waals surface area contributed by atoms with E-state index >= 15 is 4.39 Å². The highest BCUT2D eigenvalue weighted by atomic mass is 19.1. The summed E-state index contributed by atoms with van der Waals surface area (Å²) in [5, 5.41) is 4.51. The number of fused-ring (bicyclic) bond motifs is 1. The number of methoxy groups -OCH3 is 2. The van der Waals surface area contributed by atoms with E-state index in [9.17, 15) is 9.59 Å². The molecule has 2 aromatic heterocycles. The van der Waals surface area contributed by atoms with Crippen LogP contribution >= 0.6 is 0 Å². The van der Waals surface area contributed by atoms with Crippen molar-refractivity contribution >= 4 is 17.5 Å². The summed E-state index contributed by atoms with van der Waals surface area (Å²) in [5.74, 6) is -0.737. The number of hydrogen-bond donors (Lipinski definition) is 3. The first-order chi connectivity index (χ1) is 19.9. The SMILES string of the molecule is COC(=O)c1ccc(-c2ccc(OC)c(F)c2CNC(=O)C2=CN(Cc3cn4cc(C5CC5)ccc4n3)NN2)cc1. The van der Waals surface area contributed by atoms with E-state index in [0.717, 1.165) is 11.3 Å². The summed E-state index contributed by atoms with van der Waals surface area (Å²) in [7, 11) is 2.69. The first-order valence-corrected chi connectivity index (χ1v) is 13.2. The van der Waals surface area contributed by atoms with Crippen LogP contribution in [0.2, 0.25) is 0 Å². The van der Waals surface area contributed by atoms with Crippen LogP contribution in [0, 0.1) is 5.82 Å². The van der Waals surface area contributed by atoms with Gasteiger partial charge >= 0.3 is 5.97 Å². The zero-order valence-corrected chi connectivity index (χ0v) is 22.6. The fraction of sp³-hybridized carbons (Fsp3) is 0.233. The number of hydrazine groups is 2. The molecule has 1 saturated carbocycles. The lowest BCUT2D eigenvalue weighted by molar-refractivity contribution is -0.118. The van der Waals surface area contributed by atoms with Crippen molar-refractivity contribution in [3.8, 4) is 16.9 Å². The second-order valence-electron chi connectivity index (χ2n) is 10.0. The Labute approximate surface area is 235 Å². The van der Waals surface area contributed by atoms with Crippen molar-refractivity contribution in [1.29, 1.82) is 0 Å². The van der Waals surface area contributed by atoms with E-state index in [2.05, 4.69) is 33.5 Å². The summed E-state index contributed by atoms with van der Waals surface area (Å²) in [5.41, 5.74) is 11.0. The van der Waals surface area contributed by atoms with Crippen molar-refractivity contribution < 1.29 is 23.5 Å². The number of aromatic nitrogens is 2. The number of carbonyl (C=O) groups is 2. The monoisotopic (exact) mass is 556 g/mol. The van der Waals surface area contributed by atoms with E-state index in [1.165, 1.54) is 38.7 Å². The molecule has 0 spiro atoms. The molecule has 41 heavy (non-hydrogen) atoms. The van der Waals surface area contributed by atoms with Crippen molar-refractivity contribution in [2.45, 2.75) is 31.8 Å². The summed E-state index contributed by atoms with van der Waals surface area (Å²) in [6, 6.07) is 14.0. The first-order valence-electron chi connectivity index (χ1n) is 13.2. The molecule has 0 saturated heterocycles. The van der Waals surface area contributed by atoms with Crippen molar-refractivity contribution in [3.63, 3.8) is 0 Å². The van der Waals surface area contributed by atoms with Gasteiger partial charge < -0.3 is 19.2 Å². The number of benzene rings is 2. The predicted octanol–water partition coefficient (Wildman–Crippen LogP) is 3.80. The molecule has 210 valence electrons. The van der Waals surface area contributed by atoms with Gasteiger partial charge in [-0.05, 0) is 59.7 Å². The van der Waals surface area contributed by atoms with Gasteiger partial charge in [0.15, 0.2) is 11.6 Å². The number of hydrogen-bond acceptors (Lipinski definition) is 8. The number of amides is 1. The minimum absolute atomic E-state index is 0.0620. The van der Waals surface area contributed by atoms with E-state index in [4.69, 9.17) is 9.47 Å². The molecule has 2 aliphatic rings. The van der Waals surface area contributed by atoms with Crippen molar-refractivity contribution in [1.82, 2.24) is 30.7 Å². The van der Waals surface area contributed by atoms with Gasteiger partial charge in [0.2, 0.25) is 0 Å². The molecule has 11 heteroatoms. The molecule has 10 nitrogen and oxygen atoms in total. The molecule has 4 aromatic rings. The molecule has 1 aliphatic heterocycles. The normalized spacial score (nSPS) is 14.5. The molecule has 1 fully saturated rings. The predicted molar refractivity (Wildman–Crippen MR) is 149 cm³/mol. The standard InChI is InChI=1S/C30H29FN6O4/c1-40-26-11-10-23(19-5-7-20(8-6-19)30(39)41-2)24(28(26)31)13-32-29(38)25-17-37(35-34-25)16-22-15-36-14-21(18-3-4-18)9-12-27(36)33-22/h5-12,14-15,17-18,34-35H,3-4,13,16H2,1-2H3,(H,32,38). The van der Waals surface area contributed by atoms with Gasteiger partial charge in [0.1, 0.15) is 11.3 Å². The quantitative estimate of drug-likeness (QED) is 0.267. The zero-order valence-electron chi connectivity index (χ0n) is 22.6. The highest BCUT2D eigenvalue weighted by molar-refractivity contribution is 5.93. The summed E-state index contributed by atoms with van der Waals surface area (Å²) < 4.78 is 27.3. The molecule has 2 aromatic carbocycles. The fourth-order valence-corrected chi connectivity index (χ4v) is 4.89. The number of nitrogens with one attached hydrogen (secondary N) is 3. The van der Waals surface area contributed by atoms with Gasteiger partial charge in [-0.15, -0.1) is 5.53 Å². The number of carbonyl (C=O) groups excluding carboxylic acids is 2. The van der Waals surface area contributed by atoms with Crippen molar-refractivity contribution in [2.24, 2.45) is 0 Å². The number of esters is 1. The summed E-state index contributed by atoms with van der Waals surface area (Å²) in [6.07, 6.45) is 8.24. The van der Waals surface area contributed by atoms with Crippen LogP contribution in [0.1, 0.15) is 45.9 Å². The highest BCUT2D eigenvalue weighted by Gasteiger charge is 2.24. The number of nitrogens with zero attached hydrogens (tertiary/aromatic N) is 3. The zero-order chi connectivity index (χ0) is 28.5. The number of pyridine rings is 1. The Hall–Kier alpha value is -4.90. The molecule has 0 unspecified atom stereocenters. The third-order valence-corrected chi connectivity index (χ3v) is 7.24. The number of imidazole rings is 1. The van der Waals surface area contributed by atoms with Crippen LogP contribution in [0.15, 0.2) is 72.8 Å². The topological polar surface area (TPSA) is 109 Å². The number of rotatable bonds is 9. The van der Waals surface area contributed by atoms with Gasteiger partial charge in [0.05, 0.1) is 32.0 Å². The van der Waals surface area contributed by atoms with Crippen LogP contribution in [0.5, 0.6) is 5.75 Å². The van der Waals surface area contributed by atoms with Crippen LogP contribution in [0.25, 0.3) is 16.8 Å². The molecule has 0 bridgehead atoms. The van der Waals surface area contributed by atoms with E-state index in [0.29, 0.717) is 29.2 Å². The summed E-state index contributed by atoms with van der Waals surface area (Å²) in [6.45, 7) is 0.338. The van der Waals surface area contributed by atoms with E-state index in [-0.39, 0.29) is 23.6 Å². The lowest BCUT2D eigenvalue weighted by Crippen LogP contribution is -2.38. The third-order valence-electron chi connectivity index (χ3n) is 7.24. The molecule has 3 heterocycles. The molecule has 1 amide bonds. The smallest absolute Gasteiger partial charge is 0.337 e. The molecule has 6 rings (SSSR count). The van der Waals surface area contributed by atoms with Gasteiger partial charge in [0.25, 0.3) is 5.91 Å². The van der Waals surface area contributed by atoms with Crippen LogP contribution in [0.4, 0.5) is 4.39 Å². The number of ether oxygens (including phenoxy) is 2. The lowest BCUT2D eigenvalue weighted by atomic mass is 9.97. The minimum atomic E-state index is -0.577. The van der Waals surface area contributed by atoms with Gasteiger partial charge in [-0.3, -0.25) is 15.2 Å². The van der Waals surface area contributed by atoms with Crippen molar-refractivity contribution in [3.05, 3.63) is 101 Å². The van der Waals surface area contributed by atoms with Crippen LogP contribution in [0.3, 0.4) is 0 Å². The Bertz CT molecular complexity index is 1660. The maximum absolute atomic E-state index is 15.4. The van der Waals surface area contributed by atoms with E-state index in [1.54, 1.807) is 41.5 Å². The van der Waals surface area contributed by atoms with Gasteiger partial charge in [-0.1, -0.05) is 24.3 Å². The third kappa shape index (κ3) is 5.44. The Kier molecular flexibility index (Phi) is 7.02. The second-order valence-corrected chi connectivity index (χ2v) is 10.0. The Morgan fingerprint density at radius 2 is 1.88 bits per heavy atom. The van der Waals surface area contributed by atoms with Gasteiger partial charge in [-0.25, -0.2) is 14.2 Å². The van der Waals surface area contributed by atoms with Crippen LogP contribution < -0.4 is 21.0 Å². The largest absolute Gasteiger partial charge is 0.494 e. The Morgan fingerprint density at radius 1 is 1.07 bits per heavy atom. The average Bonchev–Trinajstić information content (AvgIpc) is 3.61. The van der Waals surface area contributed by atoms with E-state index < -0.39 is 17.7 Å². The Balaban J connectivity index is 1.15. The van der Waals surface area contributed by atoms with Crippen molar-refractivity contribution in [2.75, 3.05) is 14.2 Å². The van der Waals surface area contributed by atoms with Crippen LogP contribution in [-0.2, 0) is 22.6 Å². The highest BCUT2D eigenvalue weighted by Crippen LogP contribution is 2.40. The fourth-order valence-electron chi connectivity index (χ4n) is 4.89. The minimum Gasteiger partial charge on any atom is -0.494 e. The molecule has 3 N–H and O–H groups in total. The maximum Gasteiger partial charge on any atom is 0.337 e. The van der Waals surface area contributed by atoms with Gasteiger partial charge in [-0.2, -0.15) is 0 Å². The summed E-state index contributed by atoms with van der Waals surface area (Å²) >= 11 is 0. The molecule has 1 aliphatic carbocycles.